The highest BCUT2D eigenvalue weighted by Gasteiger charge is 2.22. The number of hydrogen-bond acceptors (Lipinski definition) is 6. The van der Waals surface area contributed by atoms with Gasteiger partial charge in [-0.25, -0.2) is 8.42 Å². The normalized spacial score (nSPS) is 11.9. The molecule has 0 spiro atoms. The summed E-state index contributed by atoms with van der Waals surface area (Å²) in [6.07, 6.45) is 0. The van der Waals surface area contributed by atoms with Gasteiger partial charge in [-0.2, -0.15) is 8.42 Å². The first-order valence-corrected chi connectivity index (χ1v) is 13.2. The van der Waals surface area contributed by atoms with Crippen LogP contribution in [0.25, 0.3) is 0 Å². The SMILES string of the molecule is COc1ccc(S(=O)(=O)Nc2cc(C)c(OS(=O)(=O)c3ccc(Cl)cc3)cc2C(C)C)cc1. The van der Waals surface area contributed by atoms with Gasteiger partial charge in [0.05, 0.1) is 17.7 Å². The number of methoxy groups -OCH3 is 1. The molecule has 7 nitrogen and oxygen atoms in total. The monoisotopic (exact) mass is 509 g/mol. The fourth-order valence-electron chi connectivity index (χ4n) is 3.09. The minimum absolute atomic E-state index is 0.0401. The Kier molecular flexibility index (Phi) is 7.26. The summed E-state index contributed by atoms with van der Waals surface area (Å²) in [4.78, 5) is 0.0305. The standard InChI is InChI=1S/C23H24ClNO6S2/c1-15(2)21-14-23(31-33(28,29)20-9-5-17(24)6-10-20)16(3)13-22(21)25-32(26,27)19-11-7-18(30-4)8-12-19/h5-15,25H,1-4H3. The van der Waals surface area contributed by atoms with Gasteiger partial charge >= 0.3 is 10.1 Å². The summed E-state index contributed by atoms with van der Waals surface area (Å²) in [6, 6.07) is 14.7. The molecule has 0 aliphatic heterocycles. The number of sulfonamides is 1. The summed E-state index contributed by atoms with van der Waals surface area (Å²) in [5, 5.41) is 0.403. The maximum absolute atomic E-state index is 12.9. The minimum atomic E-state index is -4.10. The molecule has 0 aliphatic rings. The van der Waals surface area contributed by atoms with Crippen LogP contribution >= 0.6 is 11.6 Å². The second-order valence-corrected chi connectivity index (χ2v) is 11.3. The van der Waals surface area contributed by atoms with Gasteiger partial charge in [0, 0.05) is 5.02 Å². The molecule has 1 N–H and O–H groups in total. The third-order valence-electron chi connectivity index (χ3n) is 4.88. The maximum atomic E-state index is 12.9. The van der Waals surface area contributed by atoms with Gasteiger partial charge in [0.1, 0.15) is 16.4 Å². The average Bonchev–Trinajstić information content (AvgIpc) is 2.75. The van der Waals surface area contributed by atoms with Crippen LogP contribution in [0.5, 0.6) is 11.5 Å². The second kappa shape index (κ2) is 9.62. The van der Waals surface area contributed by atoms with Crippen molar-refractivity contribution in [2.75, 3.05) is 11.8 Å². The van der Waals surface area contributed by atoms with Gasteiger partial charge in [-0.1, -0.05) is 25.4 Å². The highest BCUT2D eigenvalue weighted by Crippen LogP contribution is 2.34. The van der Waals surface area contributed by atoms with Crippen LogP contribution in [0.4, 0.5) is 5.69 Å². The van der Waals surface area contributed by atoms with Crippen molar-refractivity contribution in [3.05, 3.63) is 76.8 Å². The second-order valence-electron chi connectivity index (χ2n) is 7.63. The number of hydrogen-bond donors (Lipinski definition) is 1. The quantitative estimate of drug-likeness (QED) is 0.411. The van der Waals surface area contributed by atoms with Crippen LogP contribution in [0.2, 0.25) is 5.02 Å². The molecule has 0 saturated heterocycles. The molecule has 33 heavy (non-hydrogen) atoms. The first kappa shape index (κ1) is 24.9. The van der Waals surface area contributed by atoms with Crippen molar-refractivity contribution in [2.24, 2.45) is 0 Å². The maximum Gasteiger partial charge on any atom is 0.339 e. The van der Waals surface area contributed by atoms with Gasteiger partial charge in [-0.05, 0) is 84.6 Å². The van der Waals surface area contributed by atoms with Crippen molar-refractivity contribution >= 4 is 37.4 Å². The van der Waals surface area contributed by atoms with E-state index < -0.39 is 20.1 Å². The molecule has 176 valence electrons. The van der Waals surface area contributed by atoms with Crippen molar-refractivity contribution in [1.82, 2.24) is 0 Å². The molecule has 0 aliphatic carbocycles. The molecule has 0 atom stereocenters. The van der Waals surface area contributed by atoms with E-state index in [9.17, 15) is 16.8 Å². The molecular weight excluding hydrogens is 486 g/mol. The highest BCUT2D eigenvalue weighted by molar-refractivity contribution is 7.92. The largest absolute Gasteiger partial charge is 0.497 e. The highest BCUT2D eigenvalue weighted by atomic mass is 35.5. The Morgan fingerprint density at radius 2 is 1.45 bits per heavy atom. The lowest BCUT2D eigenvalue weighted by molar-refractivity contribution is 0.414. The fourth-order valence-corrected chi connectivity index (χ4v) is 5.27. The molecule has 10 heteroatoms. The molecule has 0 bridgehead atoms. The summed E-state index contributed by atoms with van der Waals surface area (Å²) < 4.78 is 64.3. The van der Waals surface area contributed by atoms with Crippen LogP contribution in [-0.2, 0) is 20.1 Å². The van der Waals surface area contributed by atoms with Crippen LogP contribution in [0.3, 0.4) is 0 Å². The van der Waals surface area contributed by atoms with E-state index in [0.717, 1.165) is 0 Å². The zero-order valence-corrected chi connectivity index (χ0v) is 20.9. The van der Waals surface area contributed by atoms with Crippen LogP contribution < -0.4 is 13.6 Å². The fraction of sp³-hybridized carbons (Fsp3) is 0.217. The summed E-state index contributed by atoms with van der Waals surface area (Å²) in [5.41, 5.74) is 1.37. The minimum Gasteiger partial charge on any atom is -0.497 e. The molecule has 0 aromatic heterocycles. The summed E-state index contributed by atoms with van der Waals surface area (Å²) >= 11 is 5.83. The van der Waals surface area contributed by atoms with Crippen LogP contribution in [-0.4, -0.2) is 23.9 Å². The molecule has 3 aromatic rings. The molecule has 0 fully saturated rings. The van der Waals surface area contributed by atoms with E-state index in [4.69, 9.17) is 20.5 Å². The Morgan fingerprint density at radius 3 is 2.00 bits per heavy atom. The topological polar surface area (TPSA) is 98.8 Å². The number of anilines is 1. The number of benzene rings is 3. The number of halogens is 1. The molecule has 0 unspecified atom stereocenters. The van der Waals surface area contributed by atoms with Gasteiger partial charge in [0.15, 0.2) is 0 Å². The number of aryl methyl sites for hydroxylation is 1. The van der Waals surface area contributed by atoms with Crippen LogP contribution in [0, 0.1) is 6.92 Å². The third-order valence-corrected chi connectivity index (χ3v) is 7.77. The molecular formula is C23H24ClNO6S2. The van der Waals surface area contributed by atoms with E-state index in [-0.39, 0.29) is 21.5 Å². The third kappa shape index (κ3) is 5.79. The van der Waals surface area contributed by atoms with Crippen molar-refractivity contribution < 1.29 is 25.8 Å². The zero-order valence-electron chi connectivity index (χ0n) is 18.5. The Morgan fingerprint density at radius 1 is 0.879 bits per heavy atom. The summed E-state index contributed by atoms with van der Waals surface area (Å²) in [5.74, 6) is 0.525. The van der Waals surface area contributed by atoms with Gasteiger partial charge < -0.3 is 8.92 Å². The predicted molar refractivity (Wildman–Crippen MR) is 128 cm³/mol. The van der Waals surface area contributed by atoms with Crippen LogP contribution in [0.15, 0.2) is 70.5 Å². The van der Waals surface area contributed by atoms with Crippen molar-refractivity contribution in [2.45, 2.75) is 36.5 Å². The van der Waals surface area contributed by atoms with Crippen molar-refractivity contribution in [1.29, 1.82) is 0 Å². The molecule has 3 rings (SSSR count). The van der Waals surface area contributed by atoms with E-state index in [1.807, 2.05) is 13.8 Å². The Hall–Kier alpha value is -2.75. The Labute approximate surface area is 199 Å². The van der Waals surface area contributed by atoms with E-state index >= 15 is 0 Å². The lowest BCUT2D eigenvalue weighted by atomic mass is 9.99. The smallest absolute Gasteiger partial charge is 0.339 e. The number of rotatable bonds is 8. The Bertz CT molecular complexity index is 1350. The van der Waals surface area contributed by atoms with Crippen molar-refractivity contribution in [3.8, 4) is 11.5 Å². The first-order chi connectivity index (χ1) is 15.4. The Balaban J connectivity index is 1.96. The predicted octanol–water partition coefficient (Wildman–Crippen LogP) is 5.35. The first-order valence-electron chi connectivity index (χ1n) is 9.94. The number of nitrogens with one attached hydrogen (secondary N) is 1. The van der Waals surface area contributed by atoms with Gasteiger partial charge in [-0.15, -0.1) is 0 Å². The van der Waals surface area contributed by atoms with Crippen molar-refractivity contribution in [3.63, 3.8) is 0 Å². The zero-order chi connectivity index (χ0) is 24.4. The molecule has 0 heterocycles. The molecule has 0 saturated carbocycles. The van der Waals surface area contributed by atoms with Gasteiger partial charge in [-0.3, -0.25) is 4.72 Å². The van der Waals surface area contributed by atoms with Gasteiger partial charge in [0.25, 0.3) is 10.0 Å². The summed E-state index contributed by atoms with van der Waals surface area (Å²) in [7, 11) is -6.49. The average molecular weight is 510 g/mol. The van der Waals surface area contributed by atoms with E-state index in [1.165, 1.54) is 43.5 Å². The molecule has 3 aromatic carbocycles. The van der Waals surface area contributed by atoms with E-state index in [1.54, 1.807) is 31.2 Å². The van der Waals surface area contributed by atoms with E-state index in [2.05, 4.69) is 4.72 Å². The molecule has 0 amide bonds. The molecule has 0 radical (unpaired) electrons. The lowest BCUT2D eigenvalue weighted by Gasteiger charge is -2.19. The van der Waals surface area contributed by atoms with Crippen LogP contribution in [0.1, 0.15) is 30.9 Å². The number of ether oxygens (including phenoxy) is 1. The summed E-state index contributed by atoms with van der Waals surface area (Å²) in [6.45, 7) is 5.38. The van der Waals surface area contributed by atoms with Gasteiger partial charge in [0.2, 0.25) is 0 Å². The lowest BCUT2D eigenvalue weighted by Crippen LogP contribution is -2.16. The van der Waals surface area contributed by atoms with E-state index in [0.29, 0.717) is 27.6 Å².